The first-order valence-corrected chi connectivity index (χ1v) is 10.7. The largest absolute Gasteiger partial charge is 0.508 e. The van der Waals surface area contributed by atoms with Crippen LogP contribution in [0.15, 0.2) is 53.4 Å². The van der Waals surface area contributed by atoms with Crippen molar-refractivity contribution in [1.29, 1.82) is 5.26 Å². The second-order valence-electron chi connectivity index (χ2n) is 6.72. The number of rotatable bonds is 7. The number of hydrogen-bond donors (Lipinski definition) is 2. The molecule has 10 heteroatoms. The van der Waals surface area contributed by atoms with Crippen LogP contribution in [0.3, 0.4) is 0 Å². The van der Waals surface area contributed by atoms with Crippen LogP contribution in [0.2, 0.25) is 0 Å². The van der Waals surface area contributed by atoms with Crippen LogP contribution in [0.5, 0.6) is 11.5 Å². The molecule has 0 spiro atoms. The van der Waals surface area contributed by atoms with Gasteiger partial charge in [-0.3, -0.25) is 0 Å². The van der Waals surface area contributed by atoms with Crippen molar-refractivity contribution in [2.24, 2.45) is 0 Å². The molecular weight excluding hydrogens is 445 g/mol. The molecule has 32 heavy (non-hydrogen) atoms. The highest BCUT2D eigenvalue weighted by Gasteiger charge is 2.20. The third-order valence-corrected chi connectivity index (χ3v) is 6.15. The number of sulfonamides is 1. The highest BCUT2D eigenvalue weighted by Crippen LogP contribution is 2.29. The van der Waals surface area contributed by atoms with Crippen LogP contribution in [0.1, 0.15) is 11.1 Å². The number of aromatic hydroxyl groups is 1. The third-order valence-electron chi connectivity index (χ3n) is 4.67. The lowest BCUT2D eigenvalue weighted by Crippen LogP contribution is -2.26. The van der Waals surface area contributed by atoms with Crippen molar-refractivity contribution in [3.8, 4) is 28.7 Å². The van der Waals surface area contributed by atoms with E-state index in [4.69, 9.17) is 10.00 Å². The number of benzene rings is 3. The molecule has 3 rings (SSSR count). The summed E-state index contributed by atoms with van der Waals surface area (Å²) in [6.45, 7) is -0.0883. The van der Waals surface area contributed by atoms with Crippen molar-refractivity contribution < 1.29 is 31.4 Å². The summed E-state index contributed by atoms with van der Waals surface area (Å²) in [6, 6.07) is 11.6. The molecule has 3 aromatic carbocycles. The third kappa shape index (κ3) is 4.85. The number of nitrogens with zero attached hydrogens (tertiary/aromatic N) is 1. The van der Waals surface area contributed by atoms with Crippen molar-refractivity contribution >= 4 is 10.0 Å². The fraction of sp³-hybridized carbons (Fsp3) is 0.136. The highest BCUT2D eigenvalue weighted by molar-refractivity contribution is 7.89. The van der Waals surface area contributed by atoms with Gasteiger partial charge in [-0.15, -0.1) is 0 Å². The topological polar surface area (TPSA) is 99.4 Å². The number of halogens is 3. The molecular formula is C22H17F3N2O4S. The molecule has 0 heterocycles. The fourth-order valence-corrected chi connectivity index (χ4v) is 4.26. The molecule has 0 aromatic heterocycles. The molecule has 0 radical (unpaired) electrons. The minimum Gasteiger partial charge on any atom is -0.508 e. The monoisotopic (exact) mass is 462 g/mol. The van der Waals surface area contributed by atoms with Gasteiger partial charge >= 0.3 is 0 Å². The minimum atomic E-state index is -4.01. The van der Waals surface area contributed by atoms with E-state index in [0.717, 1.165) is 12.1 Å². The zero-order chi connectivity index (χ0) is 23.5. The molecule has 2 N–H and O–H groups in total. The Morgan fingerprint density at radius 2 is 1.72 bits per heavy atom. The molecule has 0 bridgehead atoms. The Kier molecular flexibility index (Phi) is 6.72. The van der Waals surface area contributed by atoms with Gasteiger partial charge in [-0.05, 0) is 59.5 Å². The van der Waals surface area contributed by atoms with Gasteiger partial charge in [-0.2, -0.15) is 5.26 Å². The van der Waals surface area contributed by atoms with Crippen molar-refractivity contribution in [1.82, 2.24) is 4.72 Å². The number of nitriles is 1. The van der Waals surface area contributed by atoms with Gasteiger partial charge in [-0.25, -0.2) is 26.3 Å². The lowest BCUT2D eigenvalue weighted by molar-refractivity contribution is 0.402. The van der Waals surface area contributed by atoms with E-state index in [1.807, 2.05) is 6.07 Å². The molecule has 6 nitrogen and oxygen atoms in total. The molecule has 3 aromatic rings. The first kappa shape index (κ1) is 23.1. The van der Waals surface area contributed by atoms with E-state index >= 15 is 0 Å². The van der Waals surface area contributed by atoms with Crippen LogP contribution in [-0.4, -0.2) is 27.2 Å². The standard InChI is InChI=1S/C22H17F3N2O4S/c1-31-20-5-2-13(12-26)8-21(20)32(29,30)27-7-6-14-3-4-15(11-19(14)28)16-9-17(23)22(25)18(24)10-16/h2-5,8-11,27-28H,6-7H2,1H3. The fourth-order valence-electron chi connectivity index (χ4n) is 3.03. The summed E-state index contributed by atoms with van der Waals surface area (Å²) in [5.74, 6) is -4.44. The average molecular weight is 462 g/mol. The van der Waals surface area contributed by atoms with Crippen molar-refractivity contribution in [2.75, 3.05) is 13.7 Å². The molecule has 0 amide bonds. The van der Waals surface area contributed by atoms with Crippen molar-refractivity contribution in [3.05, 3.63) is 77.1 Å². The van der Waals surface area contributed by atoms with E-state index in [1.54, 1.807) is 0 Å². The lowest BCUT2D eigenvalue weighted by Gasteiger charge is -2.12. The van der Waals surface area contributed by atoms with Gasteiger partial charge in [0.2, 0.25) is 10.0 Å². The maximum atomic E-state index is 13.5. The molecule has 0 aliphatic heterocycles. The molecule has 0 unspecified atom stereocenters. The van der Waals surface area contributed by atoms with Gasteiger partial charge in [0.1, 0.15) is 16.4 Å². The Bertz CT molecular complexity index is 1300. The first-order chi connectivity index (χ1) is 15.2. The predicted octanol–water partition coefficient (Wildman–Crippen LogP) is 3.88. The summed E-state index contributed by atoms with van der Waals surface area (Å²) in [5.41, 5.74) is 0.807. The molecule has 0 aliphatic carbocycles. The quantitative estimate of drug-likeness (QED) is 0.519. The Balaban J connectivity index is 1.75. The number of ether oxygens (including phenoxy) is 1. The van der Waals surface area contributed by atoms with E-state index in [2.05, 4.69) is 4.72 Å². The Hall–Kier alpha value is -3.55. The van der Waals surface area contributed by atoms with Crippen LogP contribution >= 0.6 is 0 Å². The Labute approximate surface area is 182 Å². The SMILES string of the molecule is COc1ccc(C#N)cc1S(=O)(=O)NCCc1ccc(-c2cc(F)c(F)c(F)c2)cc1O. The first-order valence-electron chi connectivity index (χ1n) is 9.21. The molecule has 0 aliphatic rings. The molecule has 0 atom stereocenters. The van der Waals surface area contributed by atoms with Gasteiger partial charge in [0.05, 0.1) is 18.7 Å². The minimum absolute atomic E-state index is 0.0356. The van der Waals surface area contributed by atoms with Crippen LogP contribution in [0.25, 0.3) is 11.1 Å². The highest BCUT2D eigenvalue weighted by atomic mass is 32.2. The van der Waals surface area contributed by atoms with E-state index in [1.165, 1.54) is 43.5 Å². The molecule has 0 fully saturated rings. The zero-order valence-corrected chi connectivity index (χ0v) is 17.5. The Morgan fingerprint density at radius 1 is 1.03 bits per heavy atom. The normalized spacial score (nSPS) is 11.2. The second-order valence-corrected chi connectivity index (χ2v) is 8.46. The lowest BCUT2D eigenvalue weighted by atomic mass is 10.0. The Morgan fingerprint density at radius 3 is 2.31 bits per heavy atom. The number of nitrogens with one attached hydrogen (secondary N) is 1. The van der Waals surface area contributed by atoms with E-state index < -0.39 is 27.5 Å². The number of phenolic OH excluding ortho intramolecular Hbond substituents is 1. The van der Waals surface area contributed by atoms with Gasteiger partial charge in [0.15, 0.2) is 17.5 Å². The summed E-state index contributed by atoms with van der Waals surface area (Å²) < 4.78 is 72.7. The maximum absolute atomic E-state index is 13.5. The zero-order valence-electron chi connectivity index (χ0n) is 16.7. The van der Waals surface area contributed by atoms with Gasteiger partial charge in [0.25, 0.3) is 0 Å². The number of phenols is 1. The van der Waals surface area contributed by atoms with Crippen molar-refractivity contribution in [3.63, 3.8) is 0 Å². The van der Waals surface area contributed by atoms with Crippen LogP contribution in [0.4, 0.5) is 13.2 Å². The van der Waals surface area contributed by atoms with Gasteiger partial charge in [0, 0.05) is 6.54 Å². The smallest absolute Gasteiger partial charge is 0.244 e. The van der Waals surface area contributed by atoms with Crippen LogP contribution in [-0.2, 0) is 16.4 Å². The summed E-state index contributed by atoms with van der Waals surface area (Å²) in [5, 5.41) is 19.2. The predicted molar refractivity (Wildman–Crippen MR) is 110 cm³/mol. The van der Waals surface area contributed by atoms with Gasteiger partial charge in [-0.1, -0.05) is 12.1 Å². The second kappa shape index (κ2) is 9.30. The van der Waals surface area contributed by atoms with Crippen LogP contribution in [0, 0.1) is 28.8 Å². The number of methoxy groups -OCH3 is 1. The maximum Gasteiger partial charge on any atom is 0.244 e. The van der Waals surface area contributed by atoms with E-state index in [9.17, 15) is 26.7 Å². The van der Waals surface area contributed by atoms with E-state index in [-0.39, 0.29) is 46.1 Å². The summed E-state index contributed by atoms with van der Waals surface area (Å²) >= 11 is 0. The molecule has 0 saturated heterocycles. The molecule has 166 valence electrons. The number of hydrogen-bond acceptors (Lipinski definition) is 5. The summed E-state index contributed by atoms with van der Waals surface area (Å²) in [6.07, 6.45) is 0.0950. The molecule has 0 saturated carbocycles. The van der Waals surface area contributed by atoms with Crippen LogP contribution < -0.4 is 9.46 Å². The van der Waals surface area contributed by atoms with E-state index in [0.29, 0.717) is 5.56 Å². The van der Waals surface area contributed by atoms with Crippen molar-refractivity contribution in [2.45, 2.75) is 11.3 Å². The average Bonchev–Trinajstić information content (AvgIpc) is 2.77. The van der Waals surface area contributed by atoms with Gasteiger partial charge < -0.3 is 9.84 Å². The summed E-state index contributed by atoms with van der Waals surface area (Å²) in [7, 11) is -2.71. The summed E-state index contributed by atoms with van der Waals surface area (Å²) in [4.78, 5) is -0.195.